The molecule has 4 aromatic rings. The van der Waals surface area contributed by atoms with E-state index in [1.54, 1.807) is 0 Å². The van der Waals surface area contributed by atoms with Gasteiger partial charge in [0.05, 0.1) is 35.3 Å². The van der Waals surface area contributed by atoms with Crippen LogP contribution in [-0.2, 0) is 17.7 Å². The molecule has 1 spiro atoms. The number of benzene rings is 1. The number of aryl methyl sites for hydroxylation is 2. The van der Waals surface area contributed by atoms with Crippen molar-refractivity contribution in [2.45, 2.75) is 19.4 Å². The molecule has 1 aromatic carbocycles. The lowest BCUT2D eigenvalue weighted by molar-refractivity contribution is -0.0985. The molecule has 2 aliphatic heterocycles. The Kier molecular flexibility index (Phi) is 3.96. The number of fused-ring (bicyclic) bond motifs is 2. The summed E-state index contributed by atoms with van der Waals surface area (Å²) in [5.74, 6) is 0.291. The molecular weight excluding hydrogens is 376 g/mol. The summed E-state index contributed by atoms with van der Waals surface area (Å²) in [4.78, 5) is 11.6. The van der Waals surface area contributed by atoms with Gasteiger partial charge in [-0.05, 0) is 24.6 Å². The largest absolute Gasteiger partial charge is 0.494 e. The summed E-state index contributed by atoms with van der Waals surface area (Å²) in [6.07, 6.45) is 5.69. The maximum absolute atomic E-state index is 11.0. The number of aromatic nitrogens is 3. The van der Waals surface area contributed by atoms with Crippen LogP contribution in [0.5, 0.6) is 5.88 Å². The van der Waals surface area contributed by atoms with Crippen LogP contribution in [-0.4, -0.2) is 45.9 Å². The fourth-order valence-electron chi connectivity index (χ4n) is 4.83. The first-order valence-electron chi connectivity index (χ1n) is 10.6. The van der Waals surface area contributed by atoms with Crippen molar-refractivity contribution in [2.75, 3.05) is 31.2 Å². The highest BCUT2D eigenvalue weighted by atomic mass is 16.5. The zero-order valence-electron chi connectivity index (χ0n) is 16.8. The zero-order valence-corrected chi connectivity index (χ0v) is 16.8. The summed E-state index contributed by atoms with van der Waals surface area (Å²) in [6, 6.07) is 14.3. The summed E-state index contributed by atoms with van der Waals surface area (Å²) in [7, 11) is 0. The third kappa shape index (κ3) is 2.82. The highest BCUT2D eigenvalue weighted by Gasteiger charge is 2.44. The number of aromatic hydroxyl groups is 1. The Bertz CT molecular complexity index is 1240. The van der Waals surface area contributed by atoms with E-state index in [4.69, 9.17) is 9.72 Å². The fraction of sp³-hybridized carbons (Fsp3) is 0.333. The van der Waals surface area contributed by atoms with E-state index in [1.165, 1.54) is 0 Å². The van der Waals surface area contributed by atoms with Crippen LogP contribution < -0.4 is 4.90 Å². The molecule has 2 fully saturated rings. The number of rotatable bonds is 4. The smallest absolute Gasteiger partial charge is 0.202 e. The van der Waals surface area contributed by atoms with Crippen LogP contribution in [0.4, 0.5) is 5.69 Å². The standard InChI is InChI=1S/C24H24N4O2/c29-23-22-20(25-10-7-21(22)28-12-9-24(14-28)15-30-16-24)13-27(23)11-8-18-6-5-17-3-1-2-4-19(17)26-18/h1-7,10,13,29H,8-9,11-12,14-16H2. The van der Waals surface area contributed by atoms with Crippen molar-refractivity contribution in [2.24, 2.45) is 5.41 Å². The molecule has 0 saturated carbocycles. The Labute approximate surface area is 174 Å². The van der Waals surface area contributed by atoms with Crippen molar-refractivity contribution in [3.8, 4) is 5.88 Å². The summed E-state index contributed by atoms with van der Waals surface area (Å²) in [5.41, 5.74) is 4.23. The van der Waals surface area contributed by atoms with Crippen LogP contribution in [0.15, 0.2) is 54.9 Å². The second-order valence-corrected chi connectivity index (χ2v) is 8.65. The minimum atomic E-state index is 0.291. The Morgan fingerprint density at radius 3 is 2.80 bits per heavy atom. The minimum Gasteiger partial charge on any atom is -0.494 e. The van der Waals surface area contributed by atoms with Gasteiger partial charge in [-0.25, -0.2) is 0 Å². The van der Waals surface area contributed by atoms with Gasteiger partial charge >= 0.3 is 0 Å². The van der Waals surface area contributed by atoms with Crippen molar-refractivity contribution >= 4 is 27.5 Å². The molecule has 0 unspecified atom stereocenters. The molecule has 0 atom stereocenters. The van der Waals surface area contributed by atoms with Crippen LogP contribution in [0.25, 0.3) is 21.8 Å². The van der Waals surface area contributed by atoms with Crippen LogP contribution in [0.2, 0.25) is 0 Å². The minimum absolute atomic E-state index is 0.291. The van der Waals surface area contributed by atoms with Crippen molar-refractivity contribution < 1.29 is 9.84 Å². The number of ether oxygens (including phenoxy) is 1. The van der Waals surface area contributed by atoms with Crippen LogP contribution in [0.3, 0.4) is 0 Å². The molecule has 0 bridgehead atoms. The van der Waals surface area contributed by atoms with Crippen LogP contribution >= 0.6 is 0 Å². The molecule has 30 heavy (non-hydrogen) atoms. The van der Waals surface area contributed by atoms with E-state index in [1.807, 2.05) is 41.2 Å². The first-order valence-corrected chi connectivity index (χ1v) is 10.6. The van der Waals surface area contributed by atoms with Crippen molar-refractivity contribution in [3.63, 3.8) is 0 Å². The van der Waals surface area contributed by atoms with Gasteiger partial charge in [0.15, 0.2) is 0 Å². The molecule has 6 nitrogen and oxygen atoms in total. The highest BCUT2D eigenvalue weighted by Crippen LogP contribution is 2.42. The number of hydrogen-bond donors (Lipinski definition) is 1. The van der Waals surface area contributed by atoms with Crippen molar-refractivity contribution in [1.29, 1.82) is 0 Å². The molecule has 3 aromatic heterocycles. The third-order valence-corrected chi connectivity index (χ3v) is 6.59. The van der Waals surface area contributed by atoms with Gasteiger partial charge in [-0.1, -0.05) is 24.3 Å². The lowest BCUT2D eigenvalue weighted by atomic mass is 9.85. The Hall–Kier alpha value is -3.12. The number of hydrogen-bond acceptors (Lipinski definition) is 5. The molecule has 2 saturated heterocycles. The van der Waals surface area contributed by atoms with Crippen LogP contribution in [0.1, 0.15) is 12.1 Å². The van der Waals surface area contributed by atoms with Gasteiger partial charge in [-0.3, -0.25) is 9.97 Å². The van der Waals surface area contributed by atoms with Crippen molar-refractivity contribution in [1.82, 2.24) is 14.5 Å². The molecule has 0 radical (unpaired) electrons. The van der Waals surface area contributed by atoms with E-state index in [-0.39, 0.29) is 0 Å². The lowest BCUT2D eigenvalue weighted by Gasteiger charge is -2.37. The Morgan fingerprint density at radius 1 is 1.07 bits per heavy atom. The molecule has 0 aliphatic carbocycles. The van der Waals surface area contributed by atoms with Gasteiger partial charge in [0.25, 0.3) is 0 Å². The lowest BCUT2D eigenvalue weighted by Crippen LogP contribution is -2.44. The molecule has 6 rings (SSSR count). The topological polar surface area (TPSA) is 63.4 Å². The van der Waals surface area contributed by atoms with Gasteiger partial charge in [-0.2, -0.15) is 0 Å². The Morgan fingerprint density at radius 2 is 1.97 bits per heavy atom. The van der Waals surface area contributed by atoms with E-state index in [0.717, 1.165) is 72.3 Å². The Balaban J connectivity index is 1.28. The monoisotopic (exact) mass is 400 g/mol. The predicted octanol–water partition coefficient (Wildman–Crippen LogP) is 3.76. The van der Waals surface area contributed by atoms with Gasteiger partial charge in [-0.15, -0.1) is 0 Å². The molecular formula is C24H24N4O2. The second kappa shape index (κ2) is 6.71. The molecule has 152 valence electrons. The maximum atomic E-state index is 11.0. The van der Waals surface area contributed by atoms with E-state index in [2.05, 4.69) is 28.1 Å². The highest BCUT2D eigenvalue weighted by molar-refractivity contribution is 5.96. The SMILES string of the molecule is Oc1c2c(N3CCC4(COC4)C3)ccnc2cn1CCc1ccc2ccccc2n1. The summed E-state index contributed by atoms with van der Waals surface area (Å²) in [6.45, 7) is 4.34. The molecule has 5 heterocycles. The summed E-state index contributed by atoms with van der Waals surface area (Å²) >= 11 is 0. The summed E-state index contributed by atoms with van der Waals surface area (Å²) in [5, 5.41) is 13.0. The predicted molar refractivity (Wildman–Crippen MR) is 117 cm³/mol. The summed E-state index contributed by atoms with van der Waals surface area (Å²) < 4.78 is 7.36. The number of pyridine rings is 2. The van der Waals surface area contributed by atoms with Gasteiger partial charge in [0, 0.05) is 54.9 Å². The number of anilines is 1. The first kappa shape index (κ1) is 17.7. The van der Waals surface area contributed by atoms with E-state index >= 15 is 0 Å². The van der Waals surface area contributed by atoms with E-state index in [9.17, 15) is 5.11 Å². The maximum Gasteiger partial charge on any atom is 0.202 e. The fourth-order valence-corrected chi connectivity index (χ4v) is 4.83. The van der Waals surface area contributed by atoms with Gasteiger partial charge in [0.2, 0.25) is 5.88 Å². The molecule has 6 heteroatoms. The molecule has 0 amide bonds. The van der Waals surface area contributed by atoms with Gasteiger partial charge in [0.1, 0.15) is 0 Å². The number of para-hydroxylation sites is 1. The molecule has 1 N–H and O–H groups in total. The van der Waals surface area contributed by atoms with E-state index in [0.29, 0.717) is 17.8 Å². The average molecular weight is 400 g/mol. The zero-order chi connectivity index (χ0) is 20.1. The van der Waals surface area contributed by atoms with E-state index < -0.39 is 0 Å². The van der Waals surface area contributed by atoms with Gasteiger partial charge < -0.3 is 19.3 Å². The van der Waals surface area contributed by atoms with Crippen LogP contribution in [0, 0.1) is 5.41 Å². The molecule has 2 aliphatic rings. The average Bonchev–Trinajstić information content (AvgIpc) is 3.34. The number of nitrogens with zero attached hydrogens (tertiary/aromatic N) is 4. The van der Waals surface area contributed by atoms with Crippen molar-refractivity contribution in [3.05, 3.63) is 60.6 Å². The normalized spacial score (nSPS) is 17.8. The first-order chi connectivity index (χ1) is 14.7. The second-order valence-electron chi connectivity index (χ2n) is 8.65. The quantitative estimate of drug-likeness (QED) is 0.565. The third-order valence-electron chi connectivity index (χ3n) is 6.59.